The number of carbonyl (C=O) groups excluding carboxylic acids is 1. The lowest BCUT2D eigenvalue weighted by molar-refractivity contribution is -0.147. The number of carbonyl (C=O) groups is 1. The molecule has 3 saturated carbocycles. The lowest BCUT2D eigenvalue weighted by Crippen LogP contribution is -2.58. The number of nitrogens with one attached hydrogen (secondary N) is 1. The van der Waals surface area contributed by atoms with Gasteiger partial charge in [0.1, 0.15) is 4.47 Å². The number of rotatable bonds is 5. The molecule has 5 atom stereocenters. The molecule has 0 saturated heterocycles. The van der Waals surface area contributed by atoms with Crippen molar-refractivity contribution < 1.29 is 9.53 Å². The lowest BCUT2D eigenvalue weighted by Gasteiger charge is -2.62. The van der Waals surface area contributed by atoms with Crippen molar-refractivity contribution in [3.8, 4) is 0 Å². The van der Waals surface area contributed by atoms with Crippen LogP contribution in [0.2, 0.25) is 0 Å². The molecule has 0 amide bonds. The third-order valence-electron chi connectivity index (χ3n) is 6.63. The number of ether oxygens (including phenoxy) is 1. The number of anilines is 1. The first-order valence-corrected chi connectivity index (χ1v) is 10.2. The summed E-state index contributed by atoms with van der Waals surface area (Å²) < 4.78 is 6.56. The second-order valence-corrected chi connectivity index (χ2v) is 9.05. The Morgan fingerprint density at radius 3 is 2.77 bits per heavy atom. The van der Waals surface area contributed by atoms with Crippen molar-refractivity contribution in [1.82, 2.24) is 9.78 Å². The molecule has 0 spiro atoms. The summed E-state index contributed by atoms with van der Waals surface area (Å²) in [4.78, 5) is 24.5. The highest BCUT2D eigenvalue weighted by Gasteiger charge is 2.56. The highest BCUT2D eigenvalue weighted by molar-refractivity contribution is 9.10. The van der Waals surface area contributed by atoms with E-state index in [0.717, 1.165) is 22.9 Å². The number of esters is 1. The molecule has 0 aliphatic heterocycles. The van der Waals surface area contributed by atoms with Gasteiger partial charge < -0.3 is 10.1 Å². The van der Waals surface area contributed by atoms with Gasteiger partial charge in [0.15, 0.2) is 6.04 Å². The van der Waals surface area contributed by atoms with Crippen molar-refractivity contribution >= 4 is 27.6 Å². The Balaban J connectivity index is 1.77. The van der Waals surface area contributed by atoms with Crippen LogP contribution in [0, 0.1) is 23.2 Å². The molecule has 4 rings (SSSR count). The van der Waals surface area contributed by atoms with Crippen molar-refractivity contribution in [1.29, 1.82) is 0 Å². The minimum atomic E-state index is -0.755. The van der Waals surface area contributed by atoms with Gasteiger partial charge in [-0.1, -0.05) is 20.8 Å². The fourth-order valence-corrected chi connectivity index (χ4v) is 5.12. The SMILES string of the molecule is CCOC(=O)C(C)n1ncc(N[C@@H]2C[C@H]3C[C@H]([C@@H]2C)C3(C)C)c(Br)c1=O. The first kappa shape index (κ1) is 19.4. The van der Waals surface area contributed by atoms with Crippen LogP contribution in [0.4, 0.5) is 5.69 Å². The topological polar surface area (TPSA) is 73.2 Å². The molecule has 2 bridgehead atoms. The molecule has 1 aromatic heterocycles. The van der Waals surface area contributed by atoms with E-state index in [0.29, 0.717) is 27.5 Å². The molecule has 0 radical (unpaired) electrons. The van der Waals surface area contributed by atoms with Gasteiger partial charge in [0.2, 0.25) is 0 Å². The maximum Gasteiger partial charge on any atom is 0.330 e. The molecule has 6 nitrogen and oxygen atoms in total. The normalized spacial score (nSPS) is 30.2. The van der Waals surface area contributed by atoms with Gasteiger partial charge in [0, 0.05) is 6.04 Å². The maximum absolute atomic E-state index is 12.6. The molecule has 1 N–H and O–H groups in total. The average molecular weight is 426 g/mol. The summed E-state index contributed by atoms with van der Waals surface area (Å²) in [7, 11) is 0. The van der Waals surface area contributed by atoms with Gasteiger partial charge in [-0.25, -0.2) is 9.48 Å². The quantitative estimate of drug-likeness (QED) is 0.729. The van der Waals surface area contributed by atoms with Crippen molar-refractivity contribution in [3.05, 3.63) is 21.0 Å². The van der Waals surface area contributed by atoms with Crippen LogP contribution in [0.5, 0.6) is 0 Å². The zero-order valence-corrected chi connectivity index (χ0v) is 17.7. The first-order valence-electron chi connectivity index (χ1n) is 9.38. The Morgan fingerprint density at radius 1 is 1.50 bits per heavy atom. The highest BCUT2D eigenvalue weighted by Crippen LogP contribution is 2.61. The second kappa shape index (κ2) is 6.98. The summed E-state index contributed by atoms with van der Waals surface area (Å²) in [5, 5.41) is 7.72. The summed E-state index contributed by atoms with van der Waals surface area (Å²) in [6.07, 6.45) is 4.04. The van der Waals surface area contributed by atoms with Crippen molar-refractivity contribution in [2.45, 2.75) is 59.5 Å². The molecule has 26 heavy (non-hydrogen) atoms. The van der Waals surface area contributed by atoms with E-state index in [-0.39, 0.29) is 12.2 Å². The predicted octanol–water partition coefficient (Wildman–Crippen LogP) is 3.61. The number of hydrogen-bond donors (Lipinski definition) is 1. The van der Waals surface area contributed by atoms with Gasteiger partial charge in [-0.05, 0) is 65.8 Å². The van der Waals surface area contributed by atoms with Gasteiger partial charge in [-0.3, -0.25) is 4.79 Å². The molecule has 1 heterocycles. The van der Waals surface area contributed by atoms with Crippen LogP contribution in [0.3, 0.4) is 0 Å². The smallest absolute Gasteiger partial charge is 0.330 e. The first-order chi connectivity index (χ1) is 12.2. The number of fused-ring (bicyclic) bond motifs is 2. The number of halogens is 1. The fourth-order valence-electron chi connectivity index (χ4n) is 4.72. The largest absolute Gasteiger partial charge is 0.464 e. The van der Waals surface area contributed by atoms with E-state index in [1.54, 1.807) is 20.0 Å². The summed E-state index contributed by atoms with van der Waals surface area (Å²) in [5.74, 6) is 1.53. The molecule has 1 unspecified atom stereocenters. The van der Waals surface area contributed by atoms with Gasteiger partial charge in [-0.15, -0.1) is 0 Å². The number of aromatic nitrogens is 2. The van der Waals surface area contributed by atoms with Gasteiger partial charge in [-0.2, -0.15) is 5.10 Å². The van der Waals surface area contributed by atoms with E-state index in [1.165, 1.54) is 6.42 Å². The zero-order valence-electron chi connectivity index (χ0n) is 16.1. The minimum Gasteiger partial charge on any atom is -0.464 e. The Labute approximate surface area is 162 Å². The van der Waals surface area contributed by atoms with Crippen LogP contribution < -0.4 is 10.9 Å². The van der Waals surface area contributed by atoms with E-state index in [9.17, 15) is 9.59 Å². The van der Waals surface area contributed by atoms with E-state index in [1.807, 2.05) is 0 Å². The van der Waals surface area contributed by atoms with Crippen LogP contribution in [-0.4, -0.2) is 28.4 Å². The van der Waals surface area contributed by atoms with Crippen molar-refractivity contribution in [2.75, 3.05) is 11.9 Å². The van der Waals surface area contributed by atoms with E-state index < -0.39 is 12.0 Å². The molecular formula is C19H28BrN3O3. The Hall–Kier alpha value is -1.37. The highest BCUT2D eigenvalue weighted by atomic mass is 79.9. The predicted molar refractivity (Wildman–Crippen MR) is 104 cm³/mol. The molecule has 144 valence electrons. The molecule has 3 aliphatic rings. The fraction of sp³-hybridized carbons (Fsp3) is 0.737. The lowest BCUT2D eigenvalue weighted by atomic mass is 9.45. The number of nitrogens with zero attached hydrogens (tertiary/aromatic N) is 2. The molecule has 3 aliphatic carbocycles. The van der Waals surface area contributed by atoms with Crippen LogP contribution in [0.1, 0.15) is 53.5 Å². The molecule has 3 fully saturated rings. The van der Waals surface area contributed by atoms with Crippen LogP contribution >= 0.6 is 15.9 Å². The van der Waals surface area contributed by atoms with Gasteiger partial charge in [0.25, 0.3) is 5.56 Å². The molecule has 0 aromatic carbocycles. The summed E-state index contributed by atoms with van der Waals surface area (Å²) in [6.45, 7) is 10.7. The second-order valence-electron chi connectivity index (χ2n) is 8.26. The van der Waals surface area contributed by atoms with E-state index in [4.69, 9.17) is 4.74 Å². The van der Waals surface area contributed by atoms with Crippen molar-refractivity contribution in [2.24, 2.45) is 23.2 Å². The van der Waals surface area contributed by atoms with Gasteiger partial charge in [0.05, 0.1) is 18.5 Å². The summed E-state index contributed by atoms with van der Waals surface area (Å²) >= 11 is 3.40. The zero-order chi connectivity index (χ0) is 19.2. The monoisotopic (exact) mass is 425 g/mol. The molecular weight excluding hydrogens is 398 g/mol. The van der Waals surface area contributed by atoms with Crippen molar-refractivity contribution in [3.63, 3.8) is 0 Å². The van der Waals surface area contributed by atoms with Crippen LogP contribution in [0.25, 0.3) is 0 Å². The average Bonchev–Trinajstić information content (AvgIpc) is 2.59. The summed E-state index contributed by atoms with van der Waals surface area (Å²) in [5.41, 5.74) is 0.786. The van der Waals surface area contributed by atoms with E-state index >= 15 is 0 Å². The third kappa shape index (κ3) is 3.08. The summed E-state index contributed by atoms with van der Waals surface area (Å²) in [6, 6.07) is -0.419. The molecule has 7 heteroatoms. The third-order valence-corrected chi connectivity index (χ3v) is 7.40. The standard InChI is InChI=1S/C19H28BrN3O3/c1-6-26-18(25)11(3)23-17(24)16(20)15(9-21-23)22-14-8-12-7-13(10(14)2)19(12,4)5/h9-14,22H,6-8H2,1-5H3/t10-,11?,12+,13+,14+/m0/s1. The Bertz CT molecular complexity index is 761. The Morgan fingerprint density at radius 2 is 2.19 bits per heavy atom. The Kier molecular flexibility index (Phi) is 5.21. The van der Waals surface area contributed by atoms with Crippen LogP contribution in [0.15, 0.2) is 15.5 Å². The van der Waals surface area contributed by atoms with Gasteiger partial charge >= 0.3 is 5.97 Å². The molecule has 1 aromatic rings. The van der Waals surface area contributed by atoms with E-state index in [2.05, 4.69) is 47.1 Å². The van der Waals surface area contributed by atoms with Crippen LogP contribution in [-0.2, 0) is 9.53 Å². The minimum absolute atomic E-state index is 0.275. The maximum atomic E-state index is 12.6. The number of hydrogen-bond acceptors (Lipinski definition) is 5.